The van der Waals surface area contributed by atoms with E-state index in [-0.39, 0.29) is 5.01 Å². The lowest BCUT2D eigenvalue weighted by molar-refractivity contribution is 0.0696. The van der Waals surface area contributed by atoms with E-state index < -0.39 is 5.97 Å². The van der Waals surface area contributed by atoms with Gasteiger partial charge in [0, 0.05) is 5.38 Å². The number of anilines is 1. The van der Waals surface area contributed by atoms with E-state index in [1.807, 2.05) is 0 Å². The average molecular weight is 289 g/mol. The van der Waals surface area contributed by atoms with Crippen LogP contribution in [0.1, 0.15) is 21.1 Å². The third-order valence-corrected chi connectivity index (χ3v) is 3.43. The van der Waals surface area contributed by atoms with Gasteiger partial charge in [-0.2, -0.15) is 5.26 Å². The zero-order valence-corrected chi connectivity index (χ0v) is 11.4. The van der Waals surface area contributed by atoms with Crippen LogP contribution in [0.15, 0.2) is 23.6 Å². The summed E-state index contributed by atoms with van der Waals surface area (Å²) in [6.07, 6.45) is 0. The Kier molecular flexibility index (Phi) is 4.17. The number of carboxylic acids is 1. The minimum atomic E-state index is -1.05. The Labute approximate surface area is 119 Å². The van der Waals surface area contributed by atoms with E-state index >= 15 is 0 Å². The van der Waals surface area contributed by atoms with Gasteiger partial charge in [0.15, 0.2) is 0 Å². The summed E-state index contributed by atoms with van der Waals surface area (Å²) in [6.45, 7) is 0.318. The topological polar surface area (TPSA) is 95.2 Å². The van der Waals surface area contributed by atoms with Crippen LogP contribution in [-0.2, 0) is 6.54 Å². The Morgan fingerprint density at radius 1 is 1.60 bits per heavy atom. The number of aromatic carboxylic acids is 1. The Morgan fingerprint density at radius 2 is 2.40 bits per heavy atom. The fourth-order valence-corrected chi connectivity index (χ4v) is 2.30. The monoisotopic (exact) mass is 289 g/mol. The third-order valence-electron chi connectivity index (χ3n) is 2.55. The summed E-state index contributed by atoms with van der Waals surface area (Å²) < 4.78 is 5.19. The van der Waals surface area contributed by atoms with Crippen molar-refractivity contribution in [2.24, 2.45) is 0 Å². The molecule has 0 fully saturated rings. The average Bonchev–Trinajstić information content (AvgIpc) is 2.93. The molecule has 0 saturated heterocycles. The first-order chi connectivity index (χ1) is 9.65. The van der Waals surface area contributed by atoms with Gasteiger partial charge >= 0.3 is 5.97 Å². The molecule has 0 aliphatic rings. The third kappa shape index (κ3) is 2.87. The highest BCUT2D eigenvalue weighted by molar-refractivity contribution is 7.11. The van der Waals surface area contributed by atoms with Crippen molar-refractivity contribution in [1.29, 1.82) is 5.26 Å². The predicted molar refractivity (Wildman–Crippen MR) is 74.1 cm³/mol. The van der Waals surface area contributed by atoms with Crippen LogP contribution in [0.25, 0.3) is 0 Å². The molecule has 2 rings (SSSR count). The van der Waals surface area contributed by atoms with Gasteiger partial charge < -0.3 is 15.2 Å². The fraction of sp³-hybridized carbons (Fsp3) is 0.154. The van der Waals surface area contributed by atoms with Crippen molar-refractivity contribution in [3.8, 4) is 11.8 Å². The lowest BCUT2D eigenvalue weighted by Gasteiger charge is -2.11. The minimum absolute atomic E-state index is 0.0438. The van der Waals surface area contributed by atoms with Crippen molar-refractivity contribution < 1.29 is 14.6 Å². The van der Waals surface area contributed by atoms with Crippen LogP contribution >= 0.6 is 11.3 Å². The van der Waals surface area contributed by atoms with Crippen molar-refractivity contribution >= 4 is 23.0 Å². The van der Waals surface area contributed by atoms with E-state index in [1.165, 1.54) is 7.11 Å². The van der Waals surface area contributed by atoms with Crippen molar-refractivity contribution in [2.45, 2.75) is 6.54 Å². The molecular weight excluding hydrogens is 278 g/mol. The zero-order chi connectivity index (χ0) is 14.5. The number of carbonyl (C=O) groups is 1. The number of methoxy groups -OCH3 is 1. The van der Waals surface area contributed by atoms with Gasteiger partial charge in [-0.3, -0.25) is 0 Å². The highest BCUT2D eigenvalue weighted by Crippen LogP contribution is 2.28. The molecule has 20 heavy (non-hydrogen) atoms. The molecular formula is C13H11N3O3S. The first-order valence-corrected chi connectivity index (χ1v) is 6.52. The van der Waals surface area contributed by atoms with E-state index in [9.17, 15) is 4.79 Å². The molecule has 7 heteroatoms. The first kappa shape index (κ1) is 13.8. The van der Waals surface area contributed by atoms with Crippen LogP contribution < -0.4 is 10.1 Å². The van der Waals surface area contributed by atoms with Gasteiger partial charge in [-0.05, 0) is 12.1 Å². The number of benzene rings is 1. The summed E-state index contributed by atoms with van der Waals surface area (Å²) in [7, 11) is 1.52. The molecule has 0 aliphatic carbocycles. The Balaban J connectivity index is 2.18. The molecule has 0 atom stereocenters. The molecule has 0 aliphatic heterocycles. The van der Waals surface area contributed by atoms with Crippen LogP contribution in [0.2, 0.25) is 0 Å². The number of ether oxygens (including phenoxy) is 1. The summed E-state index contributed by atoms with van der Waals surface area (Å²) in [5.41, 5.74) is 1.63. The molecule has 6 nitrogen and oxygen atoms in total. The maximum absolute atomic E-state index is 10.8. The van der Waals surface area contributed by atoms with Gasteiger partial charge in [0.2, 0.25) is 5.01 Å². The highest BCUT2D eigenvalue weighted by Gasteiger charge is 2.11. The zero-order valence-electron chi connectivity index (χ0n) is 10.6. The van der Waals surface area contributed by atoms with E-state index in [1.54, 1.807) is 23.6 Å². The van der Waals surface area contributed by atoms with Crippen LogP contribution in [-0.4, -0.2) is 23.2 Å². The van der Waals surface area contributed by atoms with Crippen molar-refractivity contribution in [3.63, 3.8) is 0 Å². The van der Waals surface area contributed by atoms with E-state index in [0.29, 0.717) is 29.2 Å². The molecule has 0 bridgehead atoms. The Bertz CT molecular complexity index is 676. The number of thiazole rings is 1. The highest BCUT2D eigenvalue weighted by atomic mass is 32.1. The normalized spacial score (nSPS) is 9.80. The number of nitrogens with one attached hydrogen (secondary N) is 1. The molecule has 2 aromatic rings. The molecule has 1 aromatic carbocycles. The number of para-hydroxylation sites is 1. The Hall–Kier alpha value is -2.59. The molecule has 0 saturated carbocycles. The maximum Gasteiger partial charge on any atom is 0.365 e. The molecule has 1 aromatic heterocycles. The van der Waals surface area contributed by atoms with Gasteiger partial charge in [-0.25, -0.2) is 9.78 Å². The standard InChI is InChI=1S/C13H11N3O3S/c1-19-10-4-2-3-8(5-14)11(10)15-6-9-7-20-12(16-9)13(17)18/h2-4,7,15H,6H2,1H3,(H,17,18). The molecule has 1 heterocycles. The van der Waals surface area contributed by atoms with Gasteiger partial charge in [-0.15, -0.1) is 11.3 Å². The molecule has 0 radical (unpaired) electrons. The minimum Gasteiger partial charge on any atom is -0.495 e. The van der Waals surface area contributed by atoms with Crippen molar-refractivity contribution in [3.05, 3.63) is 39.8 Å². The molecule has 2 N–H and O–H groups in total. The quantitative estimate of drug-likeness (QED) is 0.877. The summed E-state index contributed by atoms with van der Waals surface area (Å²) in [6, 6.07) is 7.22. The van der Waals surface area contributed by atoms with E-state index in [2.05, 4.69) is 16.4 Å². The number of nitriles is 1. The van der Waals surface area contributed by atoms with Crippen LogP contribution in [0.4, 0.5) is 5.69 Å². The lowest BCUT2D eigenvalue weighted by Crippen LogP contribution is -2.04. The summed E-state index contributed by atoms with van der Waals surface area (Å²) in [4.78, 5) is 14.7. The summed E-state index contributed by atoms with van der Waals surface area (Å²) in [5.74, 6) is -0.492. The van der Waals surface area contributed by atoms with Crippen LogP contribution in [0, 0.1) is 11.3 Å². The number of hydrogen-bond donors (Lipinski definition) is 2. The number of aromatic nitrogens is 1. The smallest absolute Gasteiger partial charge is 0.365 e. The first-order valence-electron chi connectivity index (χ1n) is 5.64. The van der Waals surface area contributed by atoms with Gasteiger partial charge in [-0.1, -0.05) is 6.07 Å². The fourth-order valence-electron chi connectivity index (χ4n) is 1.64. The second kappa shape index (κ2) is 6.04. The van der Waals surface area contributed by atoms with Crippen molar-refractivity contribution in [2.75, 3.05) is 12.4 Å². The van der Waals surface area contributed by atoms with E-state index in [0.717, 1.165) is 11.3 Å². The number of nitrogens with zero attached hydrogens (tertiary/aromatic N) is 2. The van der Waals surface area contributed by atoms with Gasteiger partial charge in [0.05, 0.1) is 30.6 Å². The maximum atomic E-state index is 10.8. The van der Waals surface area contributed by atoms with Gasteiger partial charge in [0.1, 0.15) is 11.8 Å². The van der Waals surface area contributed by atoms with E-state index in [4.69, 9.17) is 15.1 Å². The lowest BCUT2D eigenvalue weighted by atomic mass is 10.1. The number of rotatable bonds is 5. The number of hydrogen-bond acceptors (Lipinski definition) is 6. The van der Waals surface area contributed by atoms with Crippen LogP contribution in [0.3, 0.4) is 0 Å². The molecule has 102 valence electrons. The summed E-state index contributed by atoms with van der Waals surface area (Å²) in [5, 5.41) is 22.7. The van der Waals surface area contributed by atoms with Crippen LogP contribution in [0.5, 0.6) is 5.75 Å². The molecule has 0 unspecified atom stereocenters. The van der Waals surface area contributed by atoms with Crippen molar-refractivity contribution in [1.82, 2.24) is 4.98 Å². The van der Waals surface area contributed by atoms with Gasteiger partial charge in [0.25, 0.3) is 0 Å². The second-order valence-corrected chi connectivity index (χ2v) is 4.66. The SMILES string of the molecule is COc1cccc(C#N)c1NCc1csc(C(=O)O)n1. The number of carboxylic acid groups (broad SMARTS) is 1. The summed E-state index contributed by atoms with van der Waals surface area (Å²) >= 11 is 1.07. The molecule has 0 amide bonds. The Morgan fingerprint density at radius 3 is 3.00 bits per heavy atom. The predicted octanol–water partition coefficient (Wildman–Crippen LogP) is 2.33. The largest absolute Gasteiger partial charge is 0.495 e. The molecule has 0 spiro atoms. The second-order valence-electron chi connectivity index (χ2n) is 3.80.